The number of carbonyl (C=O) groups is 5. The van der Waals surface area contributed by atoms with Crippen molar-refractivity contribution in [2.75, 3.05) is 58.9 Å². The van der Waals surface area contributed by atoms with Crippen LogP contribution in [-0.4, -0.2) is 129 Å². The maximum Gasteiger partial charge on any atom is 2.00 e. The smallest absolute Gasteiger partial charge is 0.480 e. The van der Waals surface area contributed by atoms with E-state index >= 15 is 0 Å². The summed E-state index contributed by atoms with van der Waals surface area (Å²) in [6.45, 7) is -0.314. The summed E-state index contributed by atoms with van der Waals surface area (Å²) in [5.41, 5.74) is 0. The number of carboxylic acid groups (broad SMARTS) is 4. The first-order valence-corrected chi connectivity index (χ1v) is 8.03. The molecule has 0 rings (SSSR count). The Morgan fingerprint density at radius 2 is 0.793 bits per heavy atom. The van der Waals surface area contributed by atoms with Gasteiger partial charge in [0.2, 0.25) is 0 Å². The monoisotopic (exact) mass is 567 g/mol. The van der Waals surface area contributed by atoms with Gasteiger partial charge < -0.3 is 25.9 Å². The van der Waals surface area contributed by atoms with E-state index in [1.807, 2.05) is 0 Å². The summed E-state index contributed by atoms with van der Waals surface area (Å²) in [5, 5.41) is 35.5. The Balaban J connectivity index is -0.00000338. The molecule has 0 heterocycles. The standard InChI is InChI=1S/C15H25N3O9.Gd.H2O/c1-11(19)6-17(8-13(22)23)4-2-16(7-12(20)21)3-5-18(9-14(24)25)10-15(26)27;;/h2-10H2,1H3,(H,20,21)(H,22,23)(H,24,25)(H,26,27);;1H2/q;+2;. The second kappa shape index (κ2) is 17.6. The third kappa shape index (κ3) is 19.8. The molecule has 13 nitrogen and oxygen atoms in total. The van der Waals surface area contributed by atoms with Gasteiger partial charge >= 0.3 is 63.8 Å². The quantitative estimate of drug-likeness (QED) is 0.147. The van der Waals surface area contributed by atoms with Gasteiger partial charge in [-0.25, -0.2) is 0 Å². The molecule has 0 aliphatic carbocycles. The molecule has 0 aliphatic heterocycles. The molecule has 0 aromatic heterocycles. The SMILES string of the molecule is CC(=O)CN(CCN(CCN(CC(=O)O)CC(=O)O)CC(=O)O)CC(=O)O.O.[Gd+2]. The second-order valence-corrected chi connectivity index (χ2v) is 5.97. The maximum atomic E-state index is 11.2. The summed E-state index contributed by atoms with van der Waals surface area (Å²) >= 11 is 0. The second-order valence-electron chi connectivity index (χ2n) is 5.97. The van der Waals surface area contributed by atoms with E-state index in [0.29, 0.717) is 0 Å². The van der Waals surface area contributed by atoms with Crippen molar-refractivity contribution in [2.45, 2.75) is 6.92 Å². The van der Waals surface area contributed by atoms with Crippen LogP contribution in [0.3, 0.4) is 0 Å². The number of carbonyl (C=O) groups excluding carboxylic acids is 1. The Hall–Kier alpha value is -1.29. The molecule has 14 heteroatoms. The summed E-state index contributed by atoms with van der Waals surface area (Å²) in [5.74, 6) is -4.94. The van der Waals surface area contributed by atoms with E-state index < -0.39 is 43.5 Å². The van der Waals surface area contributed by atoms with Gasteiger partial charge in [-0.3, -0.25) is 38.7 Å². The largest absolute Gasteiger partial charge is 2.00 e. The average Bonchev–Trinajstić information content (AvgIpc) is 2.46. The molecular formula is C15H27GdN3O10+2. The zero-order valence-corrected chi connectivity index (χ0v) is 18.2. The molecule has 0 spiro atoms. The van der Waals surface area contributed by atoms with Gasteiger partial charge in [-0.15, -0.1) is 0 Å². The van der Waals surface area contributed by atoms with E-state index in [1.165, 1.54) is 16.7 Å². The Kier molecular flexibility index (Phi) is 19.6. The zero-order chi connectivity index (χ0) is 21.0. The van der Waals surface area contributed by atoms with Gasteiger partial charge in [-0.05, 0) is 6.92 Å². The first-order chi connectivity index (χ1) is 12.5. The molecule has 0 radical (unpaired) electrons. The van der Waals surface area contributed by atoms with Gasteiger partial charge in [-0.1, -0.05) is 0 Å². The summed E-state index contributed by atoms with van der Waals surface area (Å²) in [7, 11) is 0. The molecule has 29 heavy (non-hydrogen) atoms. The Labute approximate surface area is 199 Å². The molecule has 0 unspecified atom stereocenters. The average molecular weight is 567 g/mol. The van der Waals surface area contributed by atoms with Crippen molar-refractivity contribution in [3.63, 3.8) is 0 Å². The molecule has 0 amide bonds. The van der Waals surface area contributed by atoms with Crippen molar-refractivity contribution in [3.8, 4) is 0 Å². The number of rotatable bonds is 16. The zero-order valence-electron chi connectivity index (χ0n) is 15.9. The maximum absolute atomic E-state index is 11.2. The van der Waals surface area contributed by atoms with Gasteiger partial charge in [-0.2, -0.15) is 0 Å². The van der Waals surface area contributed by atoms with Crippen molar-refractivity contribution in [1.29, 1.82) is 0 Å². The van der Waals surface area contributed by atoms with Crippen LogP contribution in [0.15, 0.2) is 0 Å². The van der Waals surface area contributed by atoms with E-state index in [2.05, 4.69) is 0 Å². The Morgan fingerprint density at radius 3 is 1.07 bits per heavy atom. The molecule has 6 N–H and O–H groups in total. The van der Waals surface area contributed by atoms with Gasteiger partial charge in [0, 0.05) is 26.2 Å². The normalized spacial score (nSPS) is 10.3. The molecule has 0 saturated carbocycles. The number of hydrogen-bond donors (Lipinski definition) is 4. The summed E-state index contributed by atoms with van der Waals surface area (Å²) in [6.07, 6.45) is 0. The number of ketones is 1. The number of hydrogen-bond acceptors (Lipinski definition) is 8. The van der Waals surface area contributed by atoms with Gasteiger partial charge in [0.1, 0.15) is 5.78 Å². The van der Waals surface area contributed by atoms with E-state index in [0.717, 1.165) is 4.90 Å². The Morgan fingerprint density at radius 1 is 0.552 bits per heavy atom. The van der Waals surface area contributed by atoms with E-state index in [1.54, 1.807) is 0 Å². The first kappa shape index (κ1) is 32.4. The Bertz CT molecular complexity index is 488. The topological polar surface area (TPSA) is 207 Å². The number of aliphatic carboxylic acids is 4. The van der Waals surface area contributed by atoms with Crippen molar-refractivity contribution in [2.24, 2.45) is 0 Å². The van der Waals surface area contributed by atoms with Crippen molar-refractivity contribution in [3.05, 3.63) is 0 Å². The van der Waals surface area contributed by atoms with Crippen LogP contribution in [0.4, 0.5) is 0 Å². The van der Waals surface area contributed by atoms with Crippen LogP contribution < -0.4 is 0 Å². The van der Waals surface area contributed by atoms with E-state index in [9.17, 15) is 24.0 Å². The van der Waals surface area contributed by atoms with Crippen molar-refractivity contribution in [1.82, 2.24) is 14.7 Å². The van der Waals surface area contributed by atoms with E-state index in [-0.39, 0.29) is 90.5 Å². The third-order valence-corrected chi connectivity index (χ3v) is 3.35. The van der Waals surface area contributed by atoms with Crippen molar-refractivity contribution >= 4 is 29.7 Å². The van der Waals surface area contributed by atoms with Crippen molar-refractivity contribution < 1.29 is 89.8 Å². The molecule has 0 bridgehead atoms. The fourth-order valence-corrected chi connectivity index (χ4v) is 2.34. The van der Waals surface area contributed by atoms with E-state index in [4.69, 9.17) is 20.4 Å². The molecule has 168 valence electrons. The minimum absolute atomic E-state index is 0. The summed E-state index contributed by atoms with van der Waals surface area (Å²) in [6, 6.07) is 0. The molecule has 0 aromatic rings. The van der Waals surface area contributed by atoms with Gasteiger partial charge in [0.15, 0.2) is 0 Å². The van der Waals surface area contributed by atoms with Crippen LogP contribution in [0.5, 0.6) is 0 Å². The minimum Gasteiger partial charge on any atom is -0.480 e. The molecule has 0 aromatic carbocycles. The van der Waals surface area contributed by atoms with Crippen LogP contribution in [0.2, 0.25) is 0 Å². The number of nitrogens with zero attached hydrogens (tertiary/aromatic N) is 3. The fourth-order valence-electron chi connectivity index (χ4n) is 2.34. The molecule has 0 aliphatic rings. The predicted octanol–water partition coefficient (Wildman–Crippen LogP) is -3.00. The van der Waals surface area contributed by atoms with Crippen LogP contribution in [0, 0.1) is 39.9 Å². The van der Waals surface area contributed by atoms with Gasteiger partial charge in [0.25, 0.3) is 0 Å². The molecular weight excluding hydrogens is 539 g/mol. The van der Waals surface area contributed by atoms with Gasteiger partial charge in [0.05, 0.1) is 32.7 Å². The van der Waals surface area contributed by atoms with Crippen LogP contribution in [0.25, 0.3) is 0 Å². The third-order valence-electron chi connectivity index (χ3n) is 3.35. The van der Waals surface area contributed by atoms with Crippen LogP contribution in [-0.2, 0) is 24.0 Å². The van der Waals surface area contributed by atoms with Crippen LogP contribution in [0.1, 0.15) is 6.92 Å². The predicted molar refractivity (Wildman–Crippen MR) is 94.2 cm³/mol. The molecule has 0 atom stereocenters. The minimum atomic E-state index is -1.21. The first-order valence-electron chi connectivity index (χ1n) is 8.03. The number of carboxylic acids is 4. The fraction of sp³-hybridized carbons (Fsp3) is 0.667. The summed E-state index contributed by atoms with van der Waals surface area (Å²) in [4.78, 5) is 58.6. The number of Topliss-reactive ketones (excluding diaryl/α,β-unsaturated/α-hetero) is 1. The molecule has 0 saturated heterocycles. The van der Waals surface area contributed by atoms with Crippen LogP contribution >= 0.6 is 0 Å². The molecule has 0 fully saturated rings. The summed E-state index contributed by atoms with van der Waals surface area (Å²) < 4.78 is 0.